The van der Waals surface area contributed by atoms with Crippen molar-refractivity contribution in [3.05, 3.63) is 70.1 Å². The quantitative estimate of drug-likeness (QED) is 0.710. The fraction of sp³-hybridized carbons (Fsp3) is 0.125. The number of halogens is 1. The van der Waals surface area contributed by atoms with Crippen molar-refractivity contribution < 1.29 is 4.18 Å². The highest BCUT2D eigenvalue weighted by molar-refractivity contribution is 8.31. The molecule has 0 amide bonds. The molecule has 3 rings (SSSR count). The lowest BCUT2D eigenvalue weighted by Crippen LogP contribution is -2.09. The molecule has 0 atom stereocenters. The molecule has 0 fully saturated rings. The van der Waals surface area contributed by atoms with E-state index in [0.717, 1.165) is 16.3 Å². The molecule has 0 bridgehead atoms. The van der Waals surface area contributed by atoms with Gasteiger partial charge in [0.1, 0.15) is 5.75 Å². The van der Waals surface area contributed by atoms with E-state index in [1.165, 1.54) is 11.1 Å². The van der Waals surface area contributed by atoms with Crippen molar-refractivity contribution in [3.8, 4) is 5.75 Å². The minimum Gasteiger partial charge on any atom is -0.445 e. The summed E-state index contributed by atoms with van der Waals surface area (Å²) in [6.07, 6.45) is 4.30. The van der Waals surface area contributed by atoms with Gasteiger partial charge in [0.25, 0.3) is 0 Å². The number of hydrogen-bond donors (Lipinski definition) is 0. The Hall–Kier alpha value is -1.38. The Morgan fingerprint density at radius 2 is 1.63 bits per heavy atom. The molecule has 19 heavy (non-hydrogen) atoms. The summed E-state index contributed by atoms with van der Waals surface area (Å²) in [5, 5.41) is 3.01. The minimum absolute atomic E-state index is 0.760. The molecule has 0 aromatic heterocycles. The Labute approximate surface area is 120 Å². The van der Waals surface area contributed by atoms with Crippen LogP contribution in [0.2, 0.25) is 5.02 Å². The number of para-hydroxylation sites is 1. The van der Waals surface area contributed by atoms with Gasteiger partial charge in [-0.2, -0.15) is 0 Å². The van der Waals surface area contributed by atoms with Gasteiger partial charge in [-0.3, -0.25) is 0 Å². The average Bonchev–Trinajstić information content (AvgIpc) is 2.37. The van der Waals surface area contributed by atoms with Gasteiger partial charge >= 0.3 is 0 Å². The molecule has 1 aliphatic rings. The SMILES string of the molecule is CS1(C)C=C(c2ccc(Cl)cc2)c2ccccc2O1. The number of fused-ring (bicyclic) bond motifs is 1. The standard InChI is InChI=1S/C16H15ClOS/c1-19(2)11-15(12-7-9-13(17)10-8-12)14-5-3-4-6-16(14)18-19/h3-11H,1-2H3. The van der Waals surface area contributed by atoms with E-state index in [1.807, 2.05) is 30.3 Å². The van der Waals surface area contributed by atoms with Crippen LogP contribution in [0.4, 0.5) is 0 Å². The number of benzene rings is 2. The van der Waals surface area contributed by atoms with Crippen LogP contribution in [0.1, 0.15) is 11.1 Å². The Balaban J connectivity index is 2.17. The summed E-state index contributed by atoms with van der Waals surface area (Å²) >= 11 is 5.97. The van der Waals surface area contributed by atoms with Crippen molar-refractivity contribution in [1.82, 2.24) is 0 Å². The second kappa shape index (κ2) is 4.62. The first-order valence-electron chi connectivity index (χ1n) is 6.05. The summed E-state index contributed by atoms with van der Waals surface area (Å²) in [6.45, 7) is 0. The maximum absolute atomic E-state index is 6.08. The van der Waals surface area contributed by atoms with Crippen LogP contribution in [-0.2, 0) is 0 Å². The molecule has 0 unspecified atom stereocenters. The maximum atomic E-state index is 6.08. The van der Waals surface area contributed by atoms with Crippen LogP contribution < -0.4 is 4.18 Å². The normalized spacial score (nSPS) is 17.9. The third-order valence-electron chi connectivity index (χ3n) is 3.04. The van der Waals surface area contributed by atoms with E-state index in [1.54, 1.807) is 0 Å². The Bertz CT molecular complexity index is 644. The first kappa shape index (κ1) is 12.6. The topological polar surface area (TPSA) is 9.23 Å². The molecule has 0 saturated carbocycles. The molecule has 2 aromatic carbocycles. The predicted octanol–water partition coefficient (Wildman–Crippen LogP) is 5.10. The molecule has 1 heterocycles. The summed E-state index contributed by atoms with van der Waals surface area (Å²) in [6, 6.07) is 16.2. The summed E-state index contributed by atoms with van der Waals surface area (Å²) in [7, 11) is -1.20. The van der Waals surface area contributed by atoms with Gasteiger partial charge in [0.2, 0.25) is 0 Å². The predicted molar refractivity (Wildman–Crippen MR) is 85.0 cm³/mol. The maximum Gasteiger partial charge on any atom is 0.143 e. The smallest absolute Gasteiger partial charge is 0.143 e. The van der Waals surface area contributed by atoms with E-state index in [2.05, 4.69) is 36.1 Å². The molecule has 0 radical (unpaired) electrons. The molecule has 98 valence electrons. The van der Waals surface area contributed by atoms with Gasteiger partial charge in [-0.15, -0.1) is 0 Å². The average molecular weight is 291 g/mol. The van der Waals surface area contributed by atoms with E-state index >= 15 is 0 Å². The van der Waals surface area contributed by atoms with Crippen molar-refractivity contribution in [1.29, 1.82) is 0 Å². The number of hydrogen-bond acceptors (Lipinski definition) is 1. The van der Waals surface area contributed by atoms with Crippen LogP contribution in [0.15, 0.2) is 53.9 Å². The first-order chi connectivity index (χ1) is 9.05. The van der Waals surface area contributed by atoms with Gasteiger partial charge in [-0.25, -0.2) is 0 Å². The van der Waals surface area contributed by atoms with E-state index < -0.39 is 10.3 Å². The van der Waals surface area contributed by atoms with Crippen molar-refractivity contribution in [2.45, 2.75) is 0 Å². The van der Waals surface area contributed by atoms with Crippen LogP contribution in [0.5, 0.6) is 5.75 Å². The van der Waals surface area contributed by atoms with Crippen molar-refractivity contribution in [2.24, 2.45) is 0 Å². The zero-order valence-electron chi connectivity index (χ0n) is 10.9. The molecular formula is C16H15ClOS. The van der Waals surface area contributed by atoms with E-state index in [9.17, 15) is 0 Å². The molecule has 1 nitrogen and oxygen atoms in total. The fourth-order valence-electron chi connectivity index (χ4n) is 2.22. The van der Waals surface area contributed by atoms with Gasteiger partial charge in [-0.05, 0) is 29.2 Å². The highest BCUT2D eigenvalue weighted by Crippen LogP contribution is 2.52. The van der Waals surface area contributed by atoms with Crippen LogP contribution in [-0.4, -0.2) is 12.5 Å². The van der Waals surface area contributed by atoms with Crippen molar-refractivity contribution in [3.63, 3.8) is 0 Å². The lowest BCUT2D eigenvalue weighted by atomic mass is 9.99. The Kier molecular flexibility index (Phi) is 3.08. The molecule has 1 aliphatic heterocycles. The van der Waals surface area contributed by atoms with Crippen LogP contribution >= 0.6 is 21.9 Å². The van der Waals surface area contributed by atoms with E-state index in [0.29, 0.717) is 0 Å². The number of rotatable bonds is 1. The van der Waals surface area contributed by atoms with E-state index in [4.69, 9.17) is 15.8 Å². The van der Waals surface area contributed by atoms with Crippen LogP contribution in [0.25, 0.3) is 5.57 Å². The first-order valence-corrected chi connectivity index (χ1v) is 8.87. The monoisotopic (exact) mass is 290 g/mol. The summed E-state index contributed by atoms with van der Waals surface area (Å²) in [5.41, 5.74) is 3.57. The Morgan fingerprint density at radius 1 is 0.947 bits per heavy atom. The second-order valence-corrected chi connectivity index (χ2v) is 8.38. The van der Waals surface area contributed by atoms with Gasteiger partial charge < -0.3 is 4.18 Å². The molecule has 3 heteroatoms. The summed E-state index contributed by atoms with van der Waals surface area (Å²) in [5.74, 6) is 0.968. The molecule has 0 N–H and O–H groups in total. The lowest BCUT2D eigenvalue weighted by Gasteiger charge is -2.34. The van der Waals surface area contributed by atoms with E-state index in [-0.39, 0.29) is 0 Å². The van der Waals surface area contributed by atoms with Gasteiger partial charge in [-0.1, -0.05) is 52.2 Å². The molecule has 0 saturated heterocycles. The Morgan fingerprint density at radius 3 is 2.37 bits per heavy atom. The highest BCUT2D eigenvalue weighted by Gasteiger charge is 2.23. The molecular weight excluding hydrogens is 276 g/mol. The van der Waals surface area contributed by atoms with Crippen LogP contribution in [0.3, 0.4) is 0 Å². The van der Waals surface area contributed by atoms with Gasteiger partial charge in [0.15, 0.2) is 0 Å². The van der Waals surface area contributed by atoms with Crippen molar-refractivity contribution >= 4 is 27.5 Å². The molecule has 2 aromatic rings. The zero-order chi connectivity index (χ0) is 13.5. The third-order valence-corrected chi connectivity index (χ3v) is 4.70. The largest absolute Gasteiger partial charge is 0.445 e. The summed E-state index contributed by atoms with van der Waals surface area (Å²) < 4.78 is 6.08. The highest BCUT2D eigenvalue weighted by atomic mass is 35.5. The van der Waals surface area contributed by atoms with Crippen molar-refractivity contribution in [2.75, 3.05) is 12.5 Å². The van der Waals surface area contributed by atoms with Crippen LogP contribution in [0, 0.1) is 0 Å². The molecule has 0 aliphatic carbocycles. The minimum atomic E-state index is -1.20. The zero-order valence-corrected chi connectivity index (χ0v) is 12.5. The lowest BCUT2D eigenvalue weighted by molar-refractivity contribution is 0.626. The molecule has 0 spiro atoms. The third kappa shape index (κ3) is 2.51. The van der Waals surface area contributed by atoms with Gasteiger partial charge in [0, 0.05) is 28.7 Å². The summed E-state index contributed by atoms with van der Waals surface area (Å²) in [4.78, 5) is 0. The second-order valence-electron chi connectivity index (χ2n) is 4.93. The fourth-order valence-corrected chi connectivity index (χ4v) is 3.83. The van der Waals surface area contributed by atoms with Gasteiger partial charge in [0.05, 0.1) is 0 Å².